The Morgan fingerprint density at radius 2 is 1.76 bits per heavy atom. The summed E-state index contributed by atoms with van der Waals surface area (Å²) in [6, 6.07) is 9.43. The van der Waals surface area contributed by atoms with Crippen molar-refractivity contribution < 1.29 is 37.0 Å². The molecule has 1 N–H and O–H groups in total. The van der Waals surface area contributed by atoms with Gasteiger partial charge >= 0.3 is 12.6 Å². The molecule has 0 aliphatic carbocycles. The van der Waals surface area contributed by atoms with Gasteiger partial charge in [-0.25, -0.2) is 9.18 Å². The predicted molar refractivity (Wildman–Crippen MR) is 97.6 cm³/mol. The van der Waals surface area contributed by atoms with Crippen LogP contribution in [0.5, 0.6) is 11.5 Å². The zero-order chi connectivity index (χ0) is 21.4. The maximum Gasteiger partial charge on any atom is 0.387 e. The van der Waals surface area contributed by atoms with E-state index in [-0.39, 0.29) is 29.4 Å². The number of carbonyl (C=O) groups is 2. The number of nitrogens with one attached hydrogen (secondary N) is 1. The van der Waals surface area contributed by atoms with Gasteiger partial charge in [-0.05, 0) is 49.2 Å². The molecule has 0 bridgehead atoms. The van der Waals surface area contributed by atoms with Crippen LogP contribution >= 0.6 is 0 Å². The molecule has 156 valence electrons. The van der Waals surface area contributed by atoms with Crippen molar-refractivity contribution in [3.63, 3.8) is 0 Å². The lowest BCUT2D eigenvalue weighted by Gasteiger charge is -2.15. The fourth-order valence-electron chi connectivity index (χ4n) is 2.39. The molecule has 0 spiro atoms. The quantitative estimate of drug-likeness (QED) is 0.641. The molecule has 0 radical (unpaired) electrons. The van der Waals surface area contributed by atoms with Gasteiger partial charge in [-0.15, -0.1) is 0 Å². The lowest BCUT2D eigenvalue weighted by molar-refractivity contribution is -0.129. The van der Waals surface area contributed by atoms with Crippen molar-refractivity contribution in [3.05, 3.63) is 59.4 Å². The Kier molecular flexibility index (Phi) is 7.88. The van der Waals surface area contributed by atoms with Gasteiger partial charge in [0.2, 0.25) is 0 Å². The normalized spacial score (nSPS) is 11.7. The van der Waals surface area contributed by atoms with Crippen LogP contribution in [0.15, 0.2) is 42.5 Å². The zero-order valence-corrected chi connectivity index (χ0v) is 15.8. The summed E-state index contributed by atoms with van der Waals surface area (Å²) in [6.07, 6.45) is -0.603. The number of hydrogen-bond acceptors (Lipinski definition) is 5. The lowest BCUT2D eigenvalue weighted by atomic mass is 10.1. The zero-order valence-electron chi connectivity index (χ0n) is 15.8. The molecule has 0 unspecified atom stereocenters. The fourth-order valence-corrected chi connectivity index (χ4v) is 2.39. The van der Waals surface area contributed by atoms with Gasteiger partial charge in [0.25, 0.3) is 5.91 Å². The Labute approximate surface area is 165 Å². The minimum Gasteiger partial charge on any atom is -0.493 e. The highest BCUT2D eigenvalue weighted by Crippen LogP contribution is 2.29. The molecule has 0 saturated heterocycles. The van der Waals surface area contributed by atoms with Gasteiger partial charge in [0, 0.05) is 6.54 Å². The van der Waals surface area contributed by atoms with Crippen LogP contribution in [-0.4, -0.2) is 38.2 Å². The second-order valence-corrected chi connectivity index (χ2v) is 5.96. The van der Waals surface area contributed by atoms with E-state index in [1.54, 1.807) is 12.1 Å². The lowest BCUT2D eigenvalue weighted by Crippen LogP contribution is -2.36. The Bertz CT molecular complexity index is 843. The average Bonchev–Trinajstić information content (AvgIpc) is 2.69. The monoisotopic (exact) mass is 411 g/mol. The Morgan fingerprint density at radius 3 is 2.38 bits per heavy atom. The molecule has 1 atom stereocenters. The summed E-state index contributed by atoms with van der Waals surface area (Å²) in [5.74, 6) is -1.98. The summed E-state index contributed by atoms with van der Waals surface area (Å²) < 4.78 is 51.9. The molecule has 2 aromatic rings. The number of carbonyl (C=O) groups excluding carboxylic acids is 2. The van der Waals surface area contributed by atoms with Crippen LogP contribution in [-0.2, 0) is 16.0 Å². The second-order valence-electron chi connectivity index (χ2n) is 5.96. The van der Waals surface area contributed by atoms with E-state index < -0.39 is 24.6 Å². The maximum absolute atomic E-state index is 12.9. The van der Waals surface area contributed by atoms with Crippen molar-refractivity contribution in [3.8, 4) is 11.5 Å². The highest BCUT2D eigenvalue weighted by atomic mass is 19.3. The van der Waals surface area contributed by atoms with Crippen LogP contribution in [0.2, 0.25) is 0 Å². The number of rotatable bonds is 9. The molecule has 2 rings (SSSR count). The van der Waals surface area contributed by atoms with E-state index >= 15 is 0 Å². The molecule has 0 aliphatic heterocycles. The van der Waals surface area contributed by atoms with E-state index in [1.165, 1.54) is 38.3 Å². The van der Waals surface area contributed by atoms with Gasteiger partial charge in [-0.1, -0.05) is 12.1 Å². The van der Waals surface area contributed by atoms with Gasteiger partial charge in [0.1, 0.15) is 5.82 Å². The fraction of sp³-hybridized carbons (Fsp3) is 0.300. The standard InChI is InChI=1S/C20H20F3NO5/c1-12(18(25)24-10-9-13-3-6-15(21)7-4-13)28-19(26)14-5-8-16(29-20(22)23)17(11-14)27-2/h3-8,11-12,20H,9-10H2,1-2H3,(H,24,25)/t12-/m0/s1. The summed E-state index contributed by atoms with van der Waals surface area (Å²) in [5.41, 5.74) is 0.851. The number of esters is 1. The predicted octanol–water partition coefficient (Wildman–Crippen LogP) is 3.34. The molecule has 0 aromatic heterocycles. The number of alkyl halides is 2. The first kappa shape index (κ1) is 22.1. The first-order chi connectivity index (χ1) is 13.8. The highest BCUT2D eigenvalue weighted by Gasteiger charge is 2.20. The van der Waals surface area contributed by atoms with Gasteiger partial charge in [0.05, 0.1) is 12.7 Å². The molecule has 0 fully saturated rings. The van der Waals surface area contributed by atoms with Crippen molar-refractivity contribution in [2.75, 3.05) is 13.7 Å². The third-order valence-electron chi connectivity index (χ3n) is 3.89. The van der Waals surface area contributed by atoms with Gasteiger partial charge in [0.15, 0.2) is 17.6 Å². The molecule has 1 amide bonds. The van der Waals surface area contributed by atoms with Crippen LogP contribution in [0.3, 0.4) is 0 Å². The topological polar surface area (TPSA) is 73.9 Å². The van der Waals surface area contributed by atoms with Gasteiger partial charge in [-0.3, -0.25) is 4.79 Å². The van der Waals surface area contributed by atoms with E-state index in [1.807, 2.05) is 0 Å². The van der Waals surface area contributed by atoms with Crippen LogP contribution in [0.25, 0.3) is 0 Å². The third-order valence-corrected chi connectivity index (χ3v) is 3.89. The van der Waals surface area contributed by atoms with Gasteiger partial charge in [-0.2, -0.15) is 8.78 Å². The van der Waals surface area contributed by atoms with Gasteiger partial charge < -0.3 is 19.5 Å². The average molecular weight is 411 g/mol. The van der Waals surface area contributed by atoms with Crippen molar-refractivity contribution in [2.24, 2.45) is 0 Å². The molecule has 9 heteroatoms. The van der Waals surface area contributed by atoms with Crippen molar-refractivity contribution >= 4 is 11.9 Å². The molecule has 6 nitrogen and oxygen atoms in total. The molecule has 0 heterocycles. The summed E-state index contributed by atoms with van der Waals surface area (Å²) in [4.78, 5) is 24.3. The first-order valence-corrected chi connectivity index (χ1v) is 8.66. The largest absolute Gasteiger partial charge is 0.493 e. The summed E-state index contributed by atoms with van der Waals surface area (Å²) in [7, 11) is 1.24. The summed E-state index contributed by atoms with van der Waals surface area (Å²) in [5, 5.41) is 2.62. The van der Waals surface area contributed by atoms with E-state index in [4.69, 9.17) is 9.47 Å². The number of methoxy groups -OCH3 is 1. The van der Waals surface area contributed by atoms with E-state index in [9.17, 15) is 22.8 Å². The minimum atomic E-state index is -3.04. The Morgan fingerprint density at radius 1 is 1.07 bits per heavy atom. The molecule has 0 saturated carbocycles. The highest BCUT2D eigenvalue weighted by molar-refractivity contribution is 5.92. The number of halogens is 3. The molecular weight excluding hydrogens is 391 g/mol. The Hall–Kier alpha value is -3.23. The number of ether oxygens (including phenoxy) is 3. The smallest absolute Gasteiger partial charge is 0.387 e. The Balaban J connectivity index is 1.88. The minimum absolute atomic E-state index is 0.00873. The van der Waals surface area contributed by atoms with E-state index in [2.05, 4.69) is 10.1 Å². The first-order valence-electron chi connectivity index (χ1n) is 8.66. The second kappa shape index (κ2) is 10.4. The molecular formula is C20H20F3NO5. The van der Waals surface area contributed by atoms with Crippen LogP contribution in [0, 0.1) is 5.82 Å². The van der Waals surface area contributed by atoms with Crippen LogP contribution in [0.1, 0.15) is 22.8 Å². The molecule has 2 aromatic carbocycles. The number of amides is 1. The summed E-state index contributed by atoms with van der Waals surface area (Å²) >= 11 is 0. The number of hydrogen-bond donors (Lipinski definition) is 1. The van der Waals surface area contributed by atoms with E-state index in [0.717, 1.165) is 11.6 Å². The van der Waals surface area contributed by atoms with Crippen molar-refractivity contribution in [2.45, 2.75) is 26.1 Å². The number of benzene rings is 2. The van der Waals surface area contributed by atoms with Crippen molar-refractivity contribution in [1.29, 1.82) is 0 Å². The SMILES string of the molecule is COc1cc(C(=O)O[C@@H](C)C(=O)NCCc2ccc(F)cc2)ccc1OC(F)F. The third kappa shape index (κ3) is 6.70. The van der Waals surface area contributed by atoms with Crippen LogP contribution in [0.4, 0.5) is 13.2 Å². The summed E-state index contributed by atoms with van der Waals surface area (Å²) in [6.45, 7) is -1.36. The maximum atomic E-state index is 12.9. The van der Waals surface area contributed by atoms with E-state index in [0.29, 0.717) is 6.42 Å². The molecule has 29 heavy (non-hydrogen) atoms. The van der Waals surface area contributed by atoms with Crippen LogP contribution < -0.4 is 14.8 Å². The van der Waals surface area contributed by atoms with Crippen molar-refractivity contribution in [1.82, 2.24) is 5.32 Å². The molecule has 0 aliphatic rings.